The number of aliphatic hydroxyl groups excluding tert-OH is 1. The number of aliphatic imine (C=N–C) groups is 1. The zero-order valence-corrected chi connectivity index (χ0v) is 75.6. The van der Waals surface area contributed by atoms with Gasteiger partial charge in [-0.05, 0) is 113 Å². The molecule has 38 nitrogen and oxygen atoms in total. The summed E-state index contributed by atoms with van der Waals surface area (Å²) >= 11 is 0. The number of carboxylic acids is 3. The van der Waals surface area contributed by atoms with E-state index in [9.17, 15) is 78.0 Å². The molecule has 13 atom stereocenters. The van der Waals surface area contributed by atoms with Gasteiger partial charge in [0.1, 0.15) is 71.8 Å². The number of aliphatic hydroxyl groups is 1. The second kappa shape index (κ2) is 51.6. The largest absolute Gasteiger partial charge is 0.481 e. The van der Waals surface area contributed by atoms with E-state index in [-0.39, 0.29) is 177 Å². The van der Waals surface area contributed by atoms with Crippen molar-refractivity contribution < 1.29 is 115 Å². The standard InChI is InChI=1S/C83H113N14O24P3S2/c1-6-16-51-41-64-55(39-49(51)3)75(56-40-50(4)58(85-7-2)42-65(56)118-64)53-18-8-9-19-54(53)81(110)94(5)30-15-23-67(99)88-29-34-116-36-35-115-33-24-68(100)86-27-11-10-20-57(82(111)96-32-14-22-62(96)80(109)92-59(43-72(103)104)78(107)93-60(83(112)113)44-73(105)106)91-79(108)61-21-13-31-95(61)70(102)26-38-126-125-37-25-69(101)87-28-12-17-52-46-97(77-74(52)76(84)89-48-90-77)71-45-63(98)66(119-71)47-117-123-121-124-120-122-114/h8-9,18-19,39-42,46,48,56-57,59-63,66,71,75,98,114,122-124H,6-7,10-11,13-16,20-38,43-45,47H2,1-5H3,(H,86,100)(H,87,101)(H,88,99)(H,91,108)(H,92,109)(H,93,107)(H,103,104)(H,105,106)(H,112,113)(H2,84,89,90)/b85-58+/t56?,57?,59?,60?,61?,62?,63?,66-,71-,75?/m1/s1. The van der Waals surface area contributed by atoms with Gasteiger partial charge in [0.05, 0.1) is 75.2 Å². The molecular weight excluding hydrogens is 1730 g/mol. The number of amides is 9. The monoisotopic (exact) mass is 1850 g/mol. The van der Waals surface area contributed by atoms with Gasteiger partial charge >= 0.3 is 17.9 Å². The van der Waals surface area contributed by atoms with E-state index in [0.29, 0.717) is 66.0 Å². The van der Waals surface area contributed by atoms with E-state index in [1.54, 1.807) is 22.7 Å². The van der Waals surface area contributed by atoms with Crippen molar-refractivity contribution in [2.75, 3.05) is 103 Å². The summed E-state index contributed by atoms with van der Waals surface area (Å²) in [7, 11) is 2.98. The molecule has 0 spiro atoms. The highest BCUT2D eigenvalue weighted by atomic mass is 33.1. The van der Waals surface area contributed by atoms with E-state index in [2.05, 4.69) is 87.4 Å². The zero-order chi connectivity index (χ0) is 90.8. The Bertz CT molecular complexity index is 4670. The third-order valence-electron chi connectivity index (χ3n) is 21.6. The van der Waals surface area contributed by atoms with Crippen LogP contribution in [0.2, 0.25) is 0 Å². The van der Waals surface area contributed by atoms with E-state index in [0.717, 1.165) is 46.8 Å². The fourth-order valence-electron chi connectivity index (χ4n) is 15.4. The molecule has 9 amide bonds. The Morgan fingerprint density at radius 3 is 2.19 bits per heavy atom. The number of nitrogens with two attached hydrogens (primary N) is 1. The highest BCUT2D eigenvalue weighted by molar-refractivity contribution is 8.76. The van der Waals surface area contributed by atoms with Crippen LogP contribution in [0.4, 0.5) is 5.82 Å². The van der Waals surface area contributed by atoms with Gasteiger partial charge in [0.25, 0.3) is 5.91 Å². The highest BCUT2D eigenvalue weighted by Crippen LogP contribution is 2.50. The molecule has 3 fully saturated rings. The lowest BCUT2D eigenvalue weighted by Gasteiger charge is -2.38. The van der Waals surface area contributed by atoms with Crippen molar-refractivity contribution in [3.8, 4) is 17.6 Å². The summed E-state index contributed by atoms with van der Waals surface area (Å²) < 4.78 is 41.2. The number of aromatic nitrogens is 3. The summed E-state index contributed by atoms with van der Waals surface area (Å²) in [6.07, 6.45) is 7.37. The molecule has 1 aliphatic carbocycles. The number of likely N-dealkylation sites (tertiary alicyclic amines) is 2. The first-order valence-electron chi connectivity index (χ1n) is 41.9. The van der Waals surface area contributed by atoms with Gasteiger partial charge in [-0.15, -0.1) is 0 Å². The summed E-state index contributed by atoms with van der Waals surface area (Å²) in [5, 5.41) is 55.2. The van der Waals surface area contributed by atoms with Crippen molar-refractivity contribution in [1.82, 2.24) is 61.1 Å². The van der Waals surface area contributed by atoms with Crippen molar-refractivity contribution in [3.63, 3.8) is 0 Å². The molecular formula is C83H113N14O24P3S2. The predicted octanol–water partition coefficient (Wildman–Crippen LogP) is 5.41. The first-order valence-corrected chi connectivity index (χ1v) is 46.9. The van der Waals surface area contributed by atoms with Crippen molar-refractivity contribution in [2.24, 2.45) is 10.9 Å². The van der Waals surface area contributed by atoms with E-state index < -0.39 is 130 Å². The number of hydrogen-bond donors (Lipinski definition) is 12. The van der Waals surface area contributed by atoms with Crippen LogP contribution in [0, 0.1) is 24.7 Å². The molecule has 3 saturated heterocycles. The number of anilines is 1. The number of nitrogen functional groups attached to an aromatic ring is 1. The van der Waals surface area contributed by atoms with Crippen LogP contribution in [0.15, 0.2) is 77.4 Å². The smallest absolute Gasteiger partial charge is 0.326 e. The fraction of sp³-hybridized carbons (Fsp3) is 0.554. The van der Waals surface area contributed by atoms with Gasteiger partial charge in [-0.2, -0.15) is 0 Å². The number of benzene rings is 2. The number of aryl methyl sites for hydroxylation is 2. The molecule has 2 aromatic heterocycles. The van der Waals surface area contributed by atoms with Crippen molar-refractivity contribution in [3.05, 3.63) is 106 Å². The molecule has 4 aromatic rings. The summed E-state index contributed by atoms with van der Waals surface area (Å²) in [5.41, 5.74) is 14.0. The Kier molecular flexibility index (Phi) is 41.1. The normalized spacial score (nSPS) is 19.5. The molecule has 43 heteroatoms. The van der Waals surface area contributed by atoms with Crippen LogP contribution in [0.3, 0.4) is 0 Å². The number of carbonyl (C=O) groups is 12. The predicted molar refractivity (Wildman–Crippen MR) is 473 cm³/mol. The van der Waals surface area contributed by atoms with Crippen LogP contribution in [-0.2, 0) is 86.5 Å². The van der Waals surface area contributed by atoms with Crippen molar-refractivity contribution >= 4 is 142 Å². The lowest BCUT2D eigenvalue weighted by Crippen LogP contribution is -2.58. The lowest BCUT2D eigenvalue weighted by molar-refractivity contribution is -0.148. The van der Waals surface area contributed by atoms with Gasteiger partial charge in [-0.25, -0.2) is 14.8 Å². The SMILES string of the molecule is CCCc1cc2c(cc1C)C(c1ccccc1C(=O)N(C)CCCC(=O)NCCOCCOCCC(=O)NCCCCC(NC(=O)C1CCCN1C(=O)CCSSCCC(=O)NCC#Cc1cn([C@H]3CC(O)[C@@H](COPOPOPO)O3)c3ncnc(N)c13)C(=O)N1CCCC1C(=O)NC(CC(=O)O)C(=O)NC(CC(=O)O)C(=O)O)C1C=C(C)/C(=N/CC)C=C1O2. The first kappa shape index (κ1) is 100. The minimum atomic E-state index is -1.98. The molecule has 0 bridgehead atoms. The van der Waals surface area contributed by atoms with Gasteiger partial charge in [-0.3, -0.25) is 66.4 Å². The van der Waals surface area contributed by atoms with Crippen LogP contribution in [0.1, 0.15) is 174 Å². The van der Waals surface area contributed by atoms with Crippen LogP contribution in [0.5, 0.6) is 5.75 Å². The molecule has 0 radical (unpaired) electrons. The first-order chi connectivity index (χ1) is 60.7. The Labute approximate surface area is 743 Å². The maximum atomic E-state index is 14.7. The Hall–Kier alpha value is -9.32. The number of unbranched alkanes of at least 4 members (excludes halogenated alkanes) is 1. The number of allylic oxidation sites excluding steroid dienone is 3. The third-order valence-corrected chi connectivity index (χ3v) is 25.6. The fourth-order valence-corrected chi connectivity index (χ4v) is 18.6. The van der Waals surface area contributed by atoms with Crippen molar-refractivity contribution in [2.45, 2.75) is 191 Å². The highest BCUT2D eigenvalue weighted by Gasteiger charge is 2.44. The minimum absolute atomic E-state index is 0.000858. The molecule has 126 heavy (non-hydrogen) atoms. The molecule has 13 N–H and O–H groups in total. The number of nitrogens with zero attached hydrogens (tertiary/aromatic N) is 7. The average molecular weight is 1850 g/mol. The van der Waals surface area contributed by atoms with Gasteiger partial charge in [0, 0.05) is 125 Å². The number of nitrogens with one attached hydrogen (secondary N) is 6. The van der Waals surface area contributed by atoms with E-state index in [1.807, 2.05) is 42.6 Å². The second-order valence-corrected chi connectivity index (χ2v) is 35.6. The summed E-state index contributed by atoms with van der Waals surface area (Å²) in [4.78, 5) is 185. The molecule has 4 aliphatic heterocycles. The zero-order valence-electron chi connectivity index (χ0n) is 71.0. The summed E-state index contributed by atoms with van der Waals surface area (Å²) in [6, 6.07) is 4.63. The topological polar surface area (TPSA) is 522 Å². The molecule has 5 aliphatic rings. The van der Waals surface area contributed by atoms with Gasteiger partial charge in [0.2, 0.25) is 47.3 Å². The Balaban J connectivity index is 0.690. The summed E-state index contributed by atoms with van der Waals surface area (Å²) in [5.74, 6) is -1.74. The molecule has 11 unspecified atom stereocenters. The molecule has 0 saturated carbocycles. The molecule has 9 rings (SSSR count). The maximum absolute atomic E-state index is 14.7. The maximum Gasteiger partial charge on any atom is 0.326 e. The third kappa shape index (κ3) is 29.6. The number of aliphatic carboxylic acids is 3. The van der Waals surface area contributed by atoms with Gasteiger partial charge in [0.15, 0.2) is 27.1 Å². The lowest BCUT2D eigenvalue weighted by atomic mass is 9.72. The second-order valence-electron chi connectivity index (χ2n) is 30.5. The Morgan fingerprint density at radius 1 is 0.770 bits per heavy atom. The number of carbonyl (C=O) groups excluding carboxylic acids is 9. The molecule has 686 valence electrons. The Morgan fingerprint density at radius 2 is 1.46 bits per heavy atom. The number of carboxylic acid groups (broad SMARTS) is 3. The van der Waals surface area contributed by atoms with Crippen molar-refractivity contribution in [1.29, 1.82) is 0 Å². The number of ether oxygens (including phenoxy) is 4. The van der Waals surface area contributed by atoms with Gasteiger partial charge < -0.3 is 106 Å². The number of fused-ring (bicyclic) bond motifs is 3. The van der Waals surface area contributed by atoms with E-state index in [1.165, 1.54) is 48.8 Å². The quantitative estimate of drug-likeness (QED) is 0.0114. The van der Waals surface area contributed by atoms with Gasteiger partial charge in [-0.1, -0.05) is 77.1 Å². The van der Waals surface area contributed by atoms with E-state index >= 15 is 0 Å². The van der Waals surface area contributed by atoms with Crippen LogP contribution >= 0.6 is 48.7 Å². The summed E-state index contributed by atoms with van der Waals surface area (Å²) in [6.45, 7) is 10.6. The molecule has 2 aromatic carbocycles. The van der Waals surface area contributed by atoms with Crippen LogP contribution in [0.25, 0.3) is 11.0 Å². The van der Waals surface area contributed by atoms with Crippen LogP contribution in [-0.4, -0.2) is 271 Å². The average Bonchev–Trinajstić information content (AvgIpc) is 0.971. The number of rotatable bonds is 51. The molecule has 6 heterocycles. The van der Waals surface area contributed by atoms with E-state index in [4.69, 9.17) is 47.7 Å². The van der Waals surface area contributed by atoms with Crippen LogP contribution < -0.4 is 42.4 Å². The number of hydrogen-bond acceptors (Lipinski definition) is 27. The minimum Gasteiger partial charge on any atom is -0.481 e.